The second kappa shape index (κ2) is 6.81. The van der Waals surface area contributed by atoms with Crippen molar-refractivity contribution in [2.75, 3.05) is 47.1 Å². The molecule has 1 aliphatic heterocycles. The predicted molar refractivity (Wildman–Crippen MR) is 66.1 cm³/mol. The van der Waals surface area contributed by atoms with E-state index in [1.54, 1.807) is 14.2 Å². The van der Waals surface area contributed by atoms with Crippen LogP contribution in [0.5, 0.6) is 0 Å². The number of methoxy groups -OCH3 is 1. The average Bonchev–Trinajstić information content (AvgIpc) is 2.34. The third kappa shape index (κ3) is 4.52. The van der Waals surface area contributed by atoms with Gasteiger partial charge < -0.3 is 19.7 Å². The fourth-order valence-corrected chi connectivity index (χ4v) is 2.10. The van der Waals surface area contributed by atoms with Crippen molar-refractivity contribution in [2.45, 2.75) is 19.8 Å². The molecule has 1 N–H and O–H groups in total. The van der Waals surface area contributed by atoms with Gasteiger partial charge in [-0.2, -0.15) is 0 Å². The zero-order valence-corrected chi connectivity index (χ0v) is 11.1. The lowest BCUT2D eigenvalue weighted by atomic mass is 9.82. The van der Waals surface area contributed by atoms with Gasteiger partial charge >= 0.3 is 6.03 Å². The average molecular weight is 244 g/mol. The quantitative estimate of drug-likeness (QED) is 0.787. The van der Waals surface area contributed by atoms with E-state index in [0.717, 1.165) is 32.6 Å². The van der Waals surface area contributed by atoms with Gasteiger partial charge in [0.05, 0.1) is 6.61 Å². The van der Waals surface area contributed by atoms with Crippen LogP contribution in [0.2, 0.25) is 0 Å². The van der Waals surface area contributed by atoms with E-state index in [1.165, 1.54) is 0 Å². The number of urea groups is 1. The molecule has 1 fully saturated rings. The lowest BCUT2D eigenvalue weighted by Crippen LogP contribution is -2.47. The molecule has 5 heteroatoms. The minimum absolute atomic E-state index is 0.0326. The predicted octanol–water partition coefficient (Wildman–Crippen LogP) is 1.09. The Morgan fingerprint density at radius 2 is 2.12 bits per heavy atom. The number of hydrogen-bond donors (Lipinski definition) is 1. The van der Waals surface area contributed by atoms with Gasteiger partial charge in [-0.15, -0.1) is 0 Å². The topological polar surface area (TPSA) is 50.8 Å². The molecule has 100 valence electrons. The molecule has 0 radical (unpaired) electrons. The maximum Gasteiger partial charge on any atom is 0.317 e. The number of carbonyl (C=O) groups is 1. The Morgan fingerprint density at radius 1 is 1.47 bits per heavy atom. The van der Waals surface area contributed by atoms with Crippen LogP contribution >= 0.6 is 0 Å². The molecule has 1 heterocycles. The van der Waals surface area contributed by atoms with Crippen LogP contribution in [0, 0.1) is 5.41 Å². The molecule has 5 nitrogen and oxygen atoms in total. The van der Waals surface area contributed by atoms with Crippen LogP contribution in [0.1, 0.15) is 19.8 Å². The Balaban J connectivity index is 2.54. The van der Waals surface area contributed by atoms with Gasteiger partial charge in [-0.05, 0) is 18.3 Å². The Morgan fingerprint density at radius 3 is 2.65 bits per heavy atom. The van der Waals surface area contributed by atoms with Crippen LogP contribution in [0.15, 0.2) is 0 Å². The first-order valence-electron chi connectivity index (χ1n) is 6.15. The number of hydrogen-bond acceptors (Lipinski definition) is 3. The maximum absolute atomic E-state index is 11.8. The number of nitrogens with one attached hydrogen (secondary N) is 1. The van der Waals surface area contributed by atoms with Crippen LogP contribution in [-0.2, 0) is 9.47 Å². The minimum atomic E-state index is -0.0326. The molecular weight excluding hydrogens is 220 g/mol. The van der Waals surface area contributed by atoms with E-state index >= 15 is 0 Å². The number of rotatable bonds is 5. The first-order valence-corrected chi connectivity index (χ1v) is 6.15. The molecule has 0 aliphatic carbocycles. The maximum atomic E-state index is 11.8. The molecule has 0 aromatic carbocycles. The molecule has 1 rings (SSSR count). The van der Waals surface area contributed by atoms with E-state index in [2.05, 4.69) is 12.2 Å². The highest BCUT2D eigenvalue weighted by molar-refractivity contribution is 5.73. The smallest absolute Gasteiger partial charge is 0.317 e. The van der Waals surface area contributed by atoms with Crippen LogP contribution in [0.3, 0.4) is 0 Å². The van der Waals surface area contributed by atoms with Crippen LogP contribution in [0.4, 0.5) is 4.79 Å². The molecule has 1 saturated heterocycles. The molecule has 0 bridgehead atoms. The Hall–Kier alpha value is -0.810. The molecule has 0 atom stereocenters. The second-order valence-electron chi connectivity index (χ2n) is 4.89. The summed E-state index contributed by atoms with van der Waals surface area (Å²) in [5.41, 5.74) is 0.165. The van der Waals surface area contributed by atoms with E-state index < -0.39 is 0 Å². The standard InChI is InChI=1S/C12H24N2O3/c1-12(4-7-17-8-5-12)10-14(6-9-16-3)11(15)13-2/h4-10H2,1-3H3,(H,13,15). The molecule has 0 aromatic heterocycles. The molecule has 0 unspecified atom stereocenters. The summed E-state index contributed by atoms with van der Waals surface area (Å²) < 4.78 is 10.4. The summed E-state index contributed by atoms with van der Waals surface area (Å²) in [5.74, 6) is 0. The van der Waals surface area contributed by atoms with Gasteiger partial charge in [0.25, 0.3) is 0 Å². The largest absolute Gasteiger partial charge is 0.383 e. The summed E-state index contributed by atoms with van der Waals surface area (Å²) in [4.78, 5) is 13.6. The number of ether oxygens (including phenoxy) is 2. The van der Waals surface area contributed by atoms with E-state index in [-0.39, 0.29) is 11.4 Å². The van der Waals surface area contributed by atoms with E-state index in [4.69, 9.17) is 9.47 Å². The summed E-state index contributed by atoms with van der Waals surface area (Å²) in [5, 5.41) is 2.68. The summed E-state index contributed by atoms with van der Waals surface area (Å²) >= 11 is 0. The van der Waals surface area contributed by atoms with Gasteiger partial charge in [0.1, 0.15) is 0 Å². The first kappa shape index (κ1) is 14.3. The first-order chi connectivity index (χ1) is 8.11. The van der Waals surface area contributed by atoms with Crippen molar-refractivity contribution < 1.29 is 14.3 Å². The molecule has 0 saturated carbocycles. The third-order valence-electron chi connectivity index (χ3n) is 3.34. The molecule has 2 amide bonds. The number of carbonyl (C=O) groups excluding carboxylic acids is 1. The van der Waals surface area contributed by atoms with Crippen molar-refractivity contribution in [1.82, 2.24) is 10.2 Å². The van der Waals surface area contributed by atoms with Gasteiger partial charge in [0, 0.05) is 40.5 Å². The minimum Gasteiger partial charge on any atom is -0.383 e. The SMILES string of the molecule is CNC(=O)N(CCOC)CC1(C)CCOCC1. The normalized spacial score (nSPS) is 18.8. The van der Waals surface area contributed by atoms with Gasteiger partial charge in [-0.25, -0.2) is 4.79 Å². The highest BCUT2D eigenvalue weighted by Gasteiger charge is 2.31. The Labute approximate surface area is 103 Å². The highest BCUT2D eigenvalue weighted by atomic mass is 16.5. The highest BCUT2D eigenvalue weighted by Crippen LogP contribution is 2.30. The third-order valence-corrected chi connectivity index (χ3v) is 3.34. The van der Waals surface area contributed by atoms with E-state index in [9.17, 15) is 4.79 Å². The number of amides is 2. The molecular formula is C12H24N2O3. The van der Waals surface area contributed by atoms with E-state index in [1.807, 2.05) is 4.90 Å². The van der Waals surface area contributed by atoms with E-state index in [0.29, 0.717) is 13.2 Å². The van der Waals surface area contributed by atoms with Gasteiger partial charge in [-0.1, -0.05) is 6.92 Å². The summed E-state index contributed by atoms with van der Waals surface area (Å²) in [7, 11) is 3.31. The molecule has 0 aromatic rings. The molecule has 1 aliphatic rings. The van der Waals surface area contributed by atoms with Crippen LogP contribution in [-0.4, -0.2) is 58.0 Å². The fourth-order valence-electron chi connectivity index (χ4n) is 2.10. The van der Waals surface area contributed by atoms with Crippen molar-refractivity contribution in [2.24, 2.45) is 5.41 Å². The monoisotopic (exact) mass is 244 g/mol. The summed E-state index contributed by atoms with van der Waals surface area (Å²) in [6, 6.07) is -0.0326. The van der Waals surface area contributed by atoms with Crippen LogP contribution in [0.25, 0.3) is 0 Å². The van der Waals surface area contributed by atoms with Crippen molar-refractivity contribution >= 4 is 6.03 Å². The van der Waals surface area contributed by atoms with Gasteiger partial charge in [0.2, 0.25) is 0 Å². The zero-order chi connectivity index (χ0) is 12.7. The molecule has 17 heavy (non-hydrogen) atoms. The van der Waals surface area contributed by atoms with Gasteiger partial charge in [-0.3, -0.25) is 0 Å². The van der Waals surface area contributed by atoms with Gasteiger partial charge in [0.15, 0.2) is 0 Å². The Kier molecular flexibility index (Phi) is 5.71. The molecule has 0 spiro atoms. The second-order valence-corrected chi connectivity index (χ2v) is 4.89. The van der Waals surface area contributed by atoms with Crippen molar-refractivity contribution in [3.63, 3.8) is 0 Å². The van der Waals surface area contributed by atoms with Crippen molar-refractivity contribution in [1.29, 1.82) is 0 Å². The summed E-state index contributed by atoms with van der Waals surface area (Å²) in [6.07, 6.45) is 2.01. The fraction of sp³-hybridized carbons (Fsp3) is 0.917. The lowest BCUT2D eigenvalue weighted by molar-refractivity contribution is 0.00820. The summed E-state index contributed by atoms with van der Waals surface area (Å²) in [6.45, 7) is 5.77. The van der Waals surface area contributed by atoms with Crippen molar-refractivity contribution in [3.05, 3.63) is 0 Å². The van der Waals surface area contributed by atoms with Crippen LogP contribution < -0.4 is 5.32 Å². The van der Waals surface area contributed by atoms with Crippen molar-refractivity contribution in [3.8, 4) is 0 Å². The number of nitrogens with zero attached hydrogens (tertiary/aromatic N) is 1. The Bertz CT molecular complexity index is 240. The zero-order valence-electron chi connectivity index (χ0n) is 11.1. The lowest BCUT2D eigenvalue weighted by Gasteiger charge is -2.38.